The smallest absolute Gasteiger partial charge is 0.242 e. The van der Waals surface area contributed by atoms with E-state index >= 15 is 0 Å². The summed E-state index contributed by atoms with van der Waals surface area (Å²) in [5.41, 5.74) is 0. The molecule has 0 saturated heterocycles. The molecule has 0 unspecified atom stereocenters. The number of hydrogen-bond acceptors (Lipinski definition) is 2. The topological polar surface area (TPSA) is 34.1 Å². The molecule has 0 bridgehead atoms. The maximum Gasteiger partial charge on any atom is 0.256 e. The highest BCUT2D eigenvalue weighted by molar-refractivity contribution is 8.12. The SMILES string of the molecule is BS(=O)(=O)C(C)C. The van der Waals surface area contributed by atoms with E-state index in [9.17, 15) is 8.42 Å². The van der Waals surface area contributed by atoms with Crippen molar-refractivity contribution >= 4 is 16.8 Å². The monoisotopic (exact) mass is 120 g/mol. The van der Waals surface area contributed by atoms with Crippen molar-refractivity contribution in [2.45, 2.75) is 19.1 Å². The first-order valence-corrected chi connectivity index (χ1v) is 4.09. The molecule has 2 nitrogen and oxygen atoms in total. The molecular weight excluding hydrogens is 111 g/mol. The van der Waals surface area contributed by atoms with Crippen LogP contribution in [-0.4, -0.2) is 20.8 Å². The van der Waals surface area contributed by atoms with Crippen LogP contribution in [0, 0.1) is 0 Å². The molecule has 0 aliphatic rings. The van der Waals surface area contributed by atoms with Gasteiger partial charge in [-0.25, -0.2) is 8.42 Å². The summed E-state index contributed by atoms with van der Waals surface area (Å²) in [5.74, 6) is 0. The van der Waals surface area contributed by atoms with Gasteiger partial charge in [0, 0.05) is 5.25 Å². The van der Waals surface area contributed by atoms with Crippen molar-refractivity contribution in [1.82, 2.24) is 0 Å². The van der Waals surface area contributed by atoms with Crippen molar-refractivity contribution < 1.29 is 8.42 Å². The minimum Gasteiger partial charge on any atom is -0.242 e. The van der Waals surface area contributed by atoms with Gasteiger partial charge in [-0.3, -0.25) is 0 Å². The Hall–Kier alpha value is 0.0149. The fourth-order valence-corrected chi connectivity index (χ4v) is 0. The highest BCUT2D eigenvalue weighted by Crippen LogP contribution is 1.91. The van der Waals surface area contributed by atoms with E-state index in [0.717, 1.165) is 0 Å². The molecule has 42 valence electrons. The van der Waals surface area contributed by atoms with Gasteiger partial charge in [-0.15, -0.1) is 0 Å². The highest BCUT2D eigenvalue weighted by Gasteiger charge is 2.05. The average Bonchev–Trinajstić information content (AvgIpc) is 1.31. The molecule has 0 fully saturated rings. The van der Waals surface area contributed by atoms with Crippen molar-refractivity contribution in [3.63, 3.8) is 0 Å². The van der Waals surface area contributed by atoms with Gasteiger partial charge in [0.05, 0.1) is 0 Å². The van der Waals surface area contributed by atoms with Gasteiger partial charge in [-0.2, -0.15) is 0 Å². The van der Waals surface area contributed by atoms with Gasteiger partial charge < -0.3 is 0 Å². The summed E-state index contributed by atoms with van der Waals surface area (Å²) in [5, 5.41) is -0.229. The molecule has 0 aliphatic carbocycles. The van der Waals surface area contributed by atoms with E-state index in [2.05, 4.69) is 0 Å². The first-order chi connectivity index (χ1) is 2.94. The molecule has 0 rings (SSSR count). The summed E-state index contributed by atoms with van der Waals surface area (Å²) in [7, 11) is -1.51. The van der Waals surface area contributed by atoms with Gasteiger partial charge in [-0.1, -0.05) is 0 Å². The van der Waals surface area contributed by atoms with Crippen LogP contribution in [0.15, 0.2) is 0 Å². The minimum absolute atomic E-state index is 0.229. The van der Waals surface area contributed by atoms with Crippen LogP contribution in [0.4, 0.5) is 0 Å². The van der Waals surface area contributed by atoms with Crippen LogP contribution in [0.3, 0.4) is 0 Å². The summed E-state index contributed by atoms with van der Waals surface area (Å²) in [6.45, 7) is 3.32. The lowest BCUT2D eigenvalue weighted by Gasteiger charge is -1.96. The Kier molecular flexibility index (Phi) is 1.87. The van der Waals surface area contributed by atoms with E-state index in [1.165, 1.54) is 7.12 Å². The lowest BCUT2D eigenvalue weighted by atomic mass is 10.6. The third-order valence-electron chi connectivity index (χ3n) is 0.856. The minimum atomic E-state index is -2.74. The summed E-state index contributed by atoms with van der Waals surface area (Å²) in [6.07, 6.45) is 0. The summed E-state index contributed by atoms with van der Waals surface area (Å²) in [6, 6.07) is 0. The largest absolute Gasteiger partial charge is 0.256 e. The fourth-order valence-electron chi connectivity index (χ4n) is 0. The van der Waals surface area contributed by atoms with Crippen molar-refractivity contribution in [2.24, 2.45) is 0 Å². The zero-order chi connectivity index (χ0) is 6.08. The molecule has 0 radical (unpaired) electrons. The van der Waals surface area contributed by atoms with E-state index in [1.54, 1.807) is 13.8 Å². The van der Waals surface area contributed by atoms with Crippen molar-refractivity contribution in [1.29, 1.82) is 0 Å². The molecule has 0 atom stereocenters. The molecule has 0 aromatic rings. The Morgan fingerprint density at radius 3 is 1.57 bits per heavy atom. The van der Waals surface area contributed by atoms with Crippen LogP contribution in [0.1, 0.15) is 13.8 Å². The zero-order valence-electron chi connectivity index (χ0n) is 4.80. The zero-order valence-corrected chi connectivity index (χ0v) is 5.62. The van der Waals surface area contributed by atoms with Gasteiger partial charge in [0.1, 0.15) is 9.69 Å². The molecule has 0 aliphatic heterocycles. The lowest BCUT2D eigenvalue weighted by Crippen LogP contribution is -2.11. The summed E-state index contributed by atoms with van der Waals surface area (Å²) >= 11 is 0. The first-order valence-electron chi connectivity index (χ1n) is 2.13. The Morgan fingerprint density at radius 2 is 1.57 bits per heavy atom. The summed E-state index contributed by atoms with van der Waals surface area (Å²) in [4.78, 5) is 0. The second kappa shape index (κ2) is 1.86. The van der Waals surface area contributed by atoms with E-state index in [0.29, 0.717) is 0 Å². The molecule has 0 N–H and O–H groups in total. The van der Waals surface area contributed by atoms with E-state index in [4.69, 9.17) is 0 Å². The quantitative estimate of drug-likeness (QED) is 0.431. The standard InChI is InChI=1S/C3H9BO2S/c1-3(2)7(4,5)6/h3H,4H2,1-2H3. The molecule has 4 heteroatoms. The van der Waals surface area contributed by atoms with Gasteiger partial charge in [0.25, 0.3) is 7.12 Å². The Morgan fingerprint density at radius 1 is 1.43 bits per heavy atom. The third kappa shape index (κ3) is 2.68. The molecule has 0 aromatic carbocycles. The predicted molar refractivity (Wildman–Crippen MR) is 32.6 cm³/mol. The maximum atomic E-state index is 10.3. The normalized spacial score (nSPS) is 12.4. The average molecular weight is 120 g/mol. The second-order valence-electron chi connectivity index (χ2n) is 1.88. The maximum absolute atomic E-state index is 10.3. The Labute approximate surface area is 45.1 Å². The second-order valence-corrected chi connectivity index (χ2v) is 4.48. The van der Waals surface area contributed by atoms with Gasteiger partial charge in [0.15, 0.2) is 0 Å². The van der Waals surface area contributed by atoms with Crippen molar-refractivity contribution in [3.05, 3.63) is 0 Å². The molecule has 0 heterocycles. The van der Waals surface area contributed by atoms with Crippen LogP contribution < -0.4 is 0 Å². The number of rotatable bonds is 1. The number of hydrogen-bond donors (Lipinski definition) is 0. The van der Waals surface area contributed by atoms with E-state index in [1.807, 2.05) is 0 Å². The molecule has 0 aromatic heterocycles. The van der Waals surface area contributed by atoms with Crippen LogP contribution >= 0.6 is 0 Å². The van der Waals surface area contributed by atoms with Crippen LogP contribution in [0.2, 0.25) is 0 Å². The first kappa shape index (κ1) is 7.01. The molecule has 0 spiro atoms. The van der Waals surface area contributed by atoms with Crippen LogP contribution in [0.5, 0.6) is 0 Å². The van der Waals surface area contributed by atoms with E-state index in [-0.39, 0.29) is 5.25 Å². The Balaban J connectivity index is 4.10. The molecule has 0 amide bonds. The Bertz CT molecular complexity index is 135. The van der Waals surface area contributed by atoms with E-state index < -0.39 is 9.69 Å². The lowest BCUT2D eigenvalue weighted by molar-refractivity contribution is 0.601. The van der Waals surface area contributed by atoms with Gasteiger partial charge >= 0.3 is 0 Å². The van der Waals surface area contributed by atoms with Crippen molar-refractivity contribution in [3.8, 4) is 0 Å². The van der Waals surface area contributed by atoms with Gasteiger partial charge in [0.2, 0.25) is 0 Å². The predicted octanol–water partition coefficient (Wildman–Crippen LogP) is -0.642. The van der Waals surface area contributed by atoms with Crippen molar-refractivity contribution in [2.75, 3.05) is 0 Å². The molecule has 7 heavy (non-hydrogen) atoms. The third-order valence-corrected chi connectivity index (χ3v) is 2.57. The van der Waals surface area contributed by atoms with Gasteiger partial charge in [-0.05, 0) is 13.8 Å². The fraction of sp³-hybridized carbons (Fsp3) is 1.00. The summed E-state index contributed by atoms with van der Waals surface area (Å²) < 4.78 is 20.7. The molecular formula is C3H9BO2S. The van der Waals surface area contributed by atoms with Crippen LogP contribution in [-0.2, 0) is 9.69 Å². The molecule has 0 saturated carbocycles. The highest BCUT2D eigenvalue weighted by atomic mass is 32.2. The van der Waals surface area contributed by atoms with Crippen LogP contribution in [0.25, 0.3) is 0 Å².